The highest BCUT2D eigenvalue weighted by molar-refractivity contribution is 7.80. The Kier molecular flexibility index (Phi) is 5.87. The minimum Gasteiger partial charge on any atom is -0.282 e. The number of nitrogens with zero attached hydrogens (tertiary/aromatic N) is 3. The van der Waals surface area contributed by atoms with Crippen LogP contribution in [0.25, 0.3) is 0 Å². The molecule has 3 amide bonds. The third kappa shape index (κ3) is 4.70. The lowest BCUT2D eigenvalue weighted by Crippen LogP contribution is -2.52. The molecule has 0 aromatic rings. The molecule has 1 N–H and O–H groups in total. The molecule has 0 unspecified atom stereocenters. The van der Waals surface area contributed by atoms with Gasteiger partial charge in [-0.25, -0.2) is 0 Å². The minimum atomic E-state index is -0.615. The topological polar surface area (TPSA) is 73.0 Å². The third-order valence-electron chi connectivity index (χ3n) is 3.94. The van der Waals surface area contributed by atoms with Crippen LogP contribution in [0.5, 0.6) is 0 Å². The molecule has 0 bridgehead atoms. The average Bonchev–Trinajstić information content (AvgIpc) is 3.38. The van der Waals surface area contributed by atoms with Crippen LogP contribution in [0.15, 0.2) is 0 Å². The molecule has 2 saturated carbocycles. The van der Waals surface area contributed by atoms with Crippen molar-refractivity contribution in [3.8, 4) is 0 Å². The highest BCUT2D eigenvalue weighted by Gasteiger charge is 2.34. The van der Waals surface area contributed by atoms with Crippen molar-refractivity contribution in [2.75, 3.05) is 14.1 Å². The molecule has 0 aromatic carbocycles. The highest BCUT2D eigenvalue weighted by atomic mass is 32.1. The molecular weight excluding hydrogens is 348 g/mol. The maximum atomic E-state index is 12.4. The normalized spacial score (nSPS) is 16.1. The number of carbonyl (C=O) groups excluding carboxylic acids is 3. The number of nitrogens with one attached hydrogen (secondary N) is 1. The highest BCUT2D eigenvalue weighted by Crippen LogP contribution is 2.32. The lowest BCUT2D eigenvalue weighted by atomic mass is 10.3. The van der Waals surface area contributed by atoms with Gasteiger partial charge in [0, 0.05) is 32.9 Å². The lowest BCUT2D eigenvalue weighted by Gasteiger charge is -2.31. The molecule has 0 spiro atoms. The fraction of sp³-hybridized carbons (Fsp3) is 0.667. The van der Waals surface area contributed by atoms with Crippen LogP contribution in [-0.4, -0.2) is 56.8 Å². The van der Waals surface area contributed by atoms with E-state index in [4.69, 9.17) is 24.4 Å². The molecule has 0 saturated heterocycles. The molecular formula is C15H22N4O3S2. The summed E-state index contributed by atoms with van der Waals surface area (Å²) >= 11 is 10.5. The molecule has 0 aromatic heterocycles. The fourth-order valence-corrected chi connectivity index (χ4v) is 2.94. The number of amides is 3. The van der Waals surface area contributed by atoms with Crippen LogP contribution in [0.4, 0.5) is 0 Å². The number of rotatable bonds is 4. The summed E-state index contributed by atoms with van der Waals surface area (Å²) in [6.45, 7) is 1.27. The summed E-state index contributed by atoms with van der Waals surface area (Å²) in [6, 6.07) is 0. The first-order chi connectivity index (χ1) is 11.2. The van der Waals surface area contributed by atoms with Crippen molar-refractivity contribution in [2.24, 2.45) is 11.8 Å². The van der Waals surface area contributed by atoms with Gasteiger partial charge in [-0.15, -0.1) is 0 Å². The van der Waals surface area contributed by atoms with Crippen molar-refractivity contribution < 1.29 is 14.4 Å². The molecule has 0 radical (unpaired) electrons. The Morgan fingerprint density at radius 1 is 1.00 bits per heavy atom. The molecule has 0 atom stereocenters. The quantitative estimate of drug-likeness (QED) is 0.450. The summed E-state index contributed by atoms with van der Waals surface area (Å²) in [5.74, 6) is -1.04. The van der Waals surface area contributed by atoms with E-state index in [9.17, 15) is 14.4 Å². The number of hydrogen-bond donors (Lipinski definition) is 1. The number of thiocarbonyl (C=S) groups is 2. The Balaban J connectivity index is 1.91. The summed E-state index contributed by atoms with van der Waals surface area (Å²) in [4.78, 5) is 37.5. The molecule has 2 aliphatic carbocycles. The van der Waals surface area contributed by atoms with Crippen LogP contribution >= 0.6 is 24.4 Å². The van der Waals surface area contributed by atoms with Gasteiger partial charge in [0.2, 0.25) is 11.8 Å². The Morgan fingerprint density at radius 2 is 1.50 bits per heavy atom. The summed E-state index contributed by atoms with van der Waals surface area (Å²) < 4.78 is 0. The van der Waals surface area contributed by atoms with E-state index in [1.165, 1.54) is 16.9 Å². The van der Waals surface area contributed by atoms with E-state index in [-0.39, 0.29) is 5.92 Å². The van der Waals surface area contributed by atoms with E-state index in [1.807, 2.05) is 0 Å². The van der Waals surface area contributed by atoms with E-state index in [1.54, 1.807) is 14.1 Å². The van der Waals surface area contributed by atoms with Gasteiger partial charge < -0.3 is 0 Å². The maximum Gasteiger partial charge on any atom is 0.257 e. The van der Waals surface area contributed by atoms with E-state index in [2.05, 4.69) is 5.43 Å². The predicted molar refractivity (Wildman–Crippen MR) is 96.5 cm³/mol. The minimum absolute atomic E-state index is 0.232. The van der Waals surface area contributed by atoms with Crippen molar-refractivity contribution in [1.29, 1.82) is 0 Å². The van der Waals surface area contributed by atoms with Gasteiger partial charge in [0.25, 0.3) is 5.91 Å². The fourth-order valence-electron chi connectivity index (χ4n) is 2.35. The van der Waals surface area contributed by atoms with E-state index in [0.717, 1.165) is 30.7 Å². The second kappa shape index (κ2) is 7.52. The standard InChI is InChI=1S/C15H22N4O3S2/c1-9(20)19(18(3)15(24)11-6-7-11)13(22)8-12(21)16-17(2)14(23)10-4-5-10/h10-11H,4-8H2,1-3H3,(H,16,21). The Bertz CT molecular complexity index is 587. The molecule has 9 heteroatoms. The van der Waals surface area contributed by atoms with Crippen LogP contribution in [0.2, 0.25) is 0 Å². The molecule has 7 nitrogen and oxygen atoms in total. The lowest BCUT2D eigenvalue weighted by molar-refractivity contribution is -0.156. The van der Waals surface area contributed by atoms with Gasteiger partial charge >= 0.3 is 0 Å². The SMILES string of the molecule is CC(=O)N(C(=O)CC(=O)NN(C)C(=S)C1CC1)N(C)C(=S)C1CC1. The first-order valence-electron chi connectivity index (χ1n) is 7.90. The van der Waals surface area contributed by atoms with Crippen LogP contribution in [0, 0.1) is 11.8 Å². The number of imide groups is 1. The summed E-state index contributed by atoms with van der Waals surface area (Å²) in [7, 11) is 3.23. The number of hydrazine groups is 2. The Hall–Kier alpha value is -1.61. The number of hydrogen-bond acceptors (Lipinski definition) is 5. The molecule has 2 fully saturated rings. The molecule has 24 heavy (non-hydrogen) atoms. The second-order valence-corrected chi connectivity index (χ2v) is 7.08. The van der Waals surface area contributed by atoms with Gasteiger partial charge in [-0.1, -0.05) is 24.4 Å². The van der Waals surface area contributed by atoms with Gasteiger partial charge in [0.15, 0.2) is 0 Å². The molecule has 0 aliphatic heterocycles. The zero-order chi connectivity index (χ0) is 18.0. The maximum absolute atomic E-state index is 12.4. The average molecular weight is 371 g/mol. The van der Waals surface area contributed by atoms with Crippen LogP contribution < -0.4 is 5.43 Å². The van der Waals surface area contributed by atoms with Crippen molar-refractivity contribution >= 4 is 52.1 Å². The van der Waals surface area contributed by atoms with Crippen molar-refractivity contribution in [3.63, 3.8) is 0 Å². The van der Waals surface area contributed by atoms with Gasteiger partial charge in [0.05, 0.1) is 4.99 Å². The third-order valence-corrected chi connectivity index (χ3v) is 5.15. The zero-order valence-electron chi connectivity index (χ0n) is 14.1. The van der Waals surface area contributed by atoms with Gasteiger partial charge in [-0.2, -0.15) is 5.01 Å². The monoisotopic (exact) mass is 370 g/mol. The van der Waals surface area contributed by atoms with E-state index in [0.29, 0.717) is 15.9 Å². The van der Waals surface area contributed by atoms with Gasteiger partial charge in [-0.05, 0) is 25.7 Å². The first kappa shape index (κ1) is 18.7. The first-order valence-corrected chi connectivity index (χ1v) is 8.72. The van der Waals surface area contributed by atoms with Crippen LogP contribution in [-0.2, 0) is 14.4 Å². The predicted octanol–water partition coefficient (Wildman–Crippen LogP) is 1.04. The zero-order valence-corrected chi connectivity index (χ0v) is 15.7. The summed E-state index contributed by atoms with van der Waals surface area (Å²) in [5.41, 5.74) is 2.57. The molecule has 0 heterocycles. The second-order valence-electron chi connectivity index (χ2n) is 6.24. The largest absolute Gasteiger partial charge is 0.282 e. The van der Waals surface area contributed by atoms with Crippen molar-refractivity contribution in [2.45, 2.75) is 39.0 Å². The van der Waals surface area contributed by atoms with E-state index < -0.39 is 24.1 Å². The van der Waals surface area contributed by atoms with Crippen molar-refractivity contribution in [1.82, 2.24) is 20.5 Å². The number of carbonyl (C=O) groups is 3. The van der Waals surface area contributed by atoms with Gasteiger partial charge in [0.1, 0.15) is 11.4 Å². The smallest absolute Gasteiger partial charge is 0.257 e. The van der Waals surface area contributed by atoms with E-state index >= 15 is 0 Å². The Morgan fingerprint density at radius 3 is 1.96 bits per heavy atom. The summed E-state index contributed by atoms with van der Waals surface area (Å²) in [5, 5.41) is 3.78. The van der Waals surface area contributed by atoms with Crippen LogP contribution in [0.1, 0.15) is 39.0 Å². The van der Waals surface area contributed by atoms with Crippen LogP contribution in [0.3, 0.4) is 0 Å². The van der Waals surface area contributed by atoms with Gasteiger partial charge in [-0.3, -0.25) is 29.8 Å². The molecule has 2 aliphatic rings. The van der Waals surface area contributed by atoms with Crippen molar-refractivity contribution in [3.05, 3.63) is 0 Å². The summed E-state index contributed by atoms with van der Waals surface area (Å²) in [6.07, 6.45) is 3.54. The molecule has 2 rings (SSSR count). The Labute approximate surface area is 152 Å². The molecule has 132 valence electrons.